The molecule has 0 aliphatic carbocycles. The van der Waals surface area contributed by atoms with Crippen LogP contribution in [0.25, 0.3) is 21.8 Å². The number of thiazole rings is 1. The molecule has 1 aromatic heterocycles. The lowest BCUT2D eigenvalue weighted by Gasteiger charge is -2.01. The standard InChI is InChI=1S/C15H7BrF3NS/c16-9-3-1-8(2-4-9)12-7-21-15(20-12)10-5-6-11(17)14(19)13(10)18/h1-7H. The first kappa shape index (κ1) is 14.3. The summed E-state index contributed by atoms with van der Waals surface area (Å²) in [6.07, 6.45) is 0. The maximum absolute atomic E-state index is 13.8. The van der Waals surface area contributed by atoms with E-state index in [1.54, 1.807) is 5.38 Å². The Bertz CT molecular complexity index is 799. The fourth-order valence-electron chi connectivity index (χ4n) is 1.84. The molecule has 106 valence electrons. The molecule has 0 unspecified atom stereocenters. The molecular weight excluding hydrogens is 363 g/mol. The van der Waals surface area contributed by atoms with Gasteiger partial charge in [-0.15, -0.1) is 11.3 Å². The fourth-order valence-corrected chi connectivity index (χ4v) is 2.95. The molecule has 0 bridgehead atoms. The summed E-state index contributed by atoms with van der Waals surface area (Å²) in [5.41, 5.74) is 1.48. The Labute approximate surface area is 131 Å². The van der Waals surface area contributed by atoms with Crippen LogP contribution in [0.5, 0.6) is 0 Å². The predicted molar refractivity (Wildman–Crippen MR) is 80.6 cm³/mol. The van der Waals surface area contributed by atoms with Crippen LogP contribution in [0.1, 0.15) is 0 Å². The molecule has 0 radical (unpaired) electrons. The van der Waals surface area contributed by atoms with E-state index < -0.39 is 17.5 Å². The highest BCUT2D eigenvalue weighted by Crippen LogP contribution is 2.32. The van der Waals surface area contributed by atoms with Gasteiger partial charge in [0.05, 0.1) is 5.69 Å². The molecule has 0 saturated heterocycles. The van der Waals surface area contributed by atoms with Crippen molar-refractivity contribution < 1.29 is 13.2 Å². The molecule has 0 N–H and O–H groups in total. The quantitative estimate of drug-likeness (QED) is 0.531. The van der Waals surface area contributed by atoms with Gasteiger partial charge in [-0.3, -0.25) is 0 Å². The third kappa shape index (κ3) is 2.73. The number of hydrogen-bond acceptors (Lipinski definition) is 2. The smallest absolute Gasteiger partial charge is 0.195 e. The summed E-state index contributed by atoms with van der Waals surface area (Å²) < 4.78 is 40.9. The first-order chi connectivity index (χ1) is 10.1. The molecule has 1 nitrogen and oxygen atoms in total. The summed E-state index contributed by atoms with van der Waals surface area (Å²) in [5, 5.41) is 2.06. The molecule has 3 rings (SSSR count). The number of nitrogens with zero attached hydrogens (tertiary/aromatic N) is 1. The summed E-state index contributed by atoms with van der Waals surface area (Å²) in [6.45, 7) is 0. The fraction of sp³-hybridized carbons (Fsp3) is 0. The molecule has 21 heavy (non-hydrogen) atoms. The highest BCUT2D eigenvalue weighted by atomic mass is 79.9. The Balaban J connectivity index is 2.03. The summed E-state index contributed by atoms with van der Waals surface area (Å²) in [5.74, 6) is -3.90. The van der Waals surface area contributed by atoms with Crippen molar-refractivity contribution in [3.8, 4) is 21.8 Å². The first-order valence-electron chi connectivity index (χ1n) is 5.91. The van der Waals surface area contributed by atoms with Gasteiger partial charge in [0.1, 0.15) is 5.01 Å². The topological polar surface area (TPSA) is 12.9 Å². The number of benzene rings is 2. The average molecular weight is 370 g/mol. The molecule has 2 aromatic carbocycles. The molecule has 0 spiro atoms. The zero-order chi connectivity index (χ0) is 15.0. The Morgan fingerprint density at radius 1 is 0.905 bits per heavy atom. The maximum atomic E-state index is 13.8. The zero-order valence-electron chi connectivity index (χ0n) is 10.4. The number of halogens is 4. The van der Waals surface area contributed by atoms with E-state index in [4.69, 9.17) is 0 Å². The van der Waals surface area contributed by atoms with Crippen LogP contribution < -0.4 is 0 Å². The van der Waals surface area contributed by atoms with E-state index in [2.05, 4.69) is 20.9 Å². The maximum Gasteiger partial charge on any atom is 0.195 e. The van der Waals surface area contributed by atoms with Gasteiger partial charge in [0.2, 0.25) is 0 Å². The van der Waals surface area contributed by atoms with Gasteiger partial charge in [0, 0.05) is 21.0 Å². The van der Waals surface area contributed by atoms with Crippen molar-refractivity contribution in [2.24, 2.45) is 0 Å². The first-order valence-corrected chi connectivity index (χ1v) is 7.59. The summed E-state index contributed by atoms with van der Waals surface area (Å²) in [6, 6.07) is 9.56. The zero-order valence-corrected chi connectivity index (χ0v) is 12.8. The minimum absolute atomic E-state index is 0.0396. The van der Waals surface area contributed by atoms with E-state index in [1.165, 1.54) is 17.4 Å². The second kappa shape index (κ2) is 5.61. The average Bonchev–Trinajstić information content (AvgIpc) is 2.95. The van der Waals surface area contributed by atoms with Crippen LogP contribution in [0.4, 0.5) is 13.2 Å². The molecule has 0 fully saturated rings. The van der Waals surface area contributed by atoms with Crippen molar-refractivity contribution in [1.29, 1.82) is 0 Å². The van der Waals surface area contributed by atoms with Crippen molar-refractivity contribution >= 4 is 27.3 Å². The van der Waals surface area contributed by atoms with Crippen LogP contribution in [-0.4, -0.2) is 4.98 Å². The lowest BCUT2D eigenvalue weighted by molar-refractivity contribution is 0.449. The van der Waals surface area contributed by atoms with Gasteiger partial charge in [-0.05, 0) is 24.3 Å². The van der Waals surface area contributed by atoms with Crippen molar-refractivity contribution in [2.75, 3.05) is 0 Å². The van der Waals surface area contributed by atoms with Crippen LogP contribution in [-0.2, 0) is 0 Å². The highest BCUT2D eigenvalue weighted by Gasteiger charge is 2.17. The van der Waals surface area contributed by atoms with Crippen LogP contribution >= 0.6 is 27.3 Å². The summed E-state index contributed by atoms with van der Waals surface area (Å²) in [7, 11) is 0. The lowest BCUT2D eigenvalue weighted by atomic mass is 10.2. The van der Waals surface area contributed by atoms with Crippen molar-refractivity contribution in [3.05, 3.63) is 63.7 Å². The minimum Gasteiger partial charge on any atom is -0.236 e. The molecule has 0 atom stereocenters. The second-order valence-corrected chi connectivity index (χ2v) is 6.04. The molecule has 1 heterocycles. The monoisotopic (exact) mass is 369 g/mol. The molecule has 0 aliphatic rings. The van der Waals surface area contributed by atoms with Crippen LogP contribution in [0.2, 0.25) is 0 Å². The van der Waals surface area contributed by atoms with E-state index in [9.17, 15) is 13.2 Å². The third-order valence-corrected chi connectivity index (χ3v) is 4.31. The van der Waals surface area contributed by atoms with E-state index in [1.807, 2.05) is 24.3 Å². The SMILES string of the molecule is Fc1ccc(-c2nc(-c3ccc(Br)cc3)cs2)c(F)c1F. The van der Waals surface area contributed by atoms with E-state index in [-0.39, 0.29) is 5.56 Å². The van der Waals surface area contributed by atoms with Gasteiger partial charge in [-0.25, -0.2) is 18.2 Å². The van der Waals surface area contributed by atoms with Crippen LogP contribution in [0.3, 0.4) is 0 Å². The summed E-state index contributed by atoms with van der Waals surface area (Å²) in [4.78, 5) is 4.29. The molecule has 3 aromatic rings. The van der Waals surface area contributed by atoms with Crippen LogP contribution in [0, 0.1) is 17.5 Å². The van der Waals surface area contributed by atoms with Gasteiger partial charge < -0.3 is 0 Å². The molecule has 0 saturated carbocycles. The minimum atomic E-state index is -1.48. The van der Waals surface area contributed by atoms with Crippen molar-refractivity contribution in [1.82, 2.24) is 4.98 Å². The Kier molecular flexibility index (Phi) is 3.82. The number of rotatable bonds is 2. The molecule has 0 amide bonds. The number of hydrogen-bond donors (Lipinski definition) is 0. The van der Waals surface area contributed by atoms with Gasteiger partial charge >= 0.3 is 0 Å². The van der Waals surface area contributed by atoms with Gasteiger partial charge in [0.15, 0.2) is 17.5 Å². The summed E-state index contributed by atoms with van der Waals surface area (Å²) >= 11 is 4.52. The number of aromatic nitrogens is 1. The normalized spacial score (nSPS) is 10.9. The van der Waals surface area contributed by atoms with Gasteiger partial charge in [-0.1, -0.05) is 28.1 Å². The van der Waals surface area contributed by atoms with Gasteiger partial charge in [-0.2, -0.15) is 0 Å². The molecule has 6 heteroatoms. The van der Waals surface area contributed by atoms with Crippen molar-refractivity contribution in [3.63, 3.8) is 0 Å². The highest BCUT2D eigenvalue weighted by molar-refractivity contribution is 9.10. The second-order valence-electron chi connectivity index (χ2n) is 4.27. The van der Waals surface area contributed by atoms with E-state index >= 15 is 0 Å². The third-order valence-electron chi connectivity index (χ3n) is 2.91. The van der Waals surface area contributed by atoms with E-state index in [0.717, 1.165) is 16.1 Å². The Morgan fingerprint density at radius 3 is 2.33 bits per heavy atom. The van der Waals surface area contributed by atoms with Crippen molar-refractivity contribution in [2.45, 2.75) is 0 Å². The Hall–Kier alpha value is -1.66. The van der Waals surface area contributed by atoms with E-state index in [0.29, 0.717) is 10.7 Å². The molecule has 0 aliphatic heterocycles. The predicted octanol–water partition coefficient (Wildman–Crippen LogP) is 5.66. The molecular formula is C15H7BrF3NS. The lowest BCUT2D eigenvalue weighted by Crippen LogP contribution is -1.93. The largest absolute Gasteiger partial charge is 0.236 e. The van der Waals surface area contributed by atoms with Gasteiger partial charge in [0.25, 0.3) is 0 Å². The van der Waals surface area contributed by atoms with Crippen LogP contribution in [0.15, 0.2) is 46.3 Å². The Morgan fingerprint density at radius 2 is 1.62 bits per heavy atom.